The maximum Gasteiger partial charge on any atom is 0.212 e. The van der Waals surface area contributed by atoms with Crippen LogP contribution in [0.15, 0.2) is 151 Å². The van der Waals surface area contributed by atoms with Gasteiger partial charge < -0.3 is 4.57 Å². The van der Waals surface area contributed by atoms with Crippen LogP contribution in [0.3, 0.4) is 0 Å². The van der Waals surface area contributed by atoms with E-state index in [1.807, 2.05) is 12.5 Å². The Labute approximate surface area is 249 Å². The zero-order chi connectivity index (χ0) is 28.3. The lowest BCUT2D eigenvalue weighted by molar-refractivity contribution is 0.594. The van der Waals surface area contributed by atoms with Crippen LogP contribution >= 0.6 is 0 Å². The third kappa shape index (κ3) is 7.07. The summed E-state index contributed by atoms with van der Waals surface area (Å²) in [5, 5.41) is 1.40. The van der Waals surface area contributed by atoms with Crippen LogP contribution in [0.4, 0.5) is 0 Å². The van der Waals surface area contributed by atoms with Crippen molar-refractivity contribution in [2.45, 2.75) is 50.5 Å². The molecule has 0 unspecified atom stereocenters. The predicted octanol–water partition coefficient (Wildman–Crippen LogP) is 6.96. The van der Waals surface area contributed by atoms with E-state index in [9.17, 15) is 0 Å². The van der Waals surface area contributed by atoms with Gasteiger partial charge in [-0.15, -0.1) is 0 Å². The second-order valence-electron chi connectivity index (χ2n) is 11.2. The Morgan fingerprint density at radius 2 is 1.29 bits per heavy atom. The minimum Gasteiger partial charge on any atom is -0.326 e. The molecule has 1 heterocycles. The molecule has 0 N–H and O–H groups in total. The van der Waals surface area contributed by atoms with E-state index in [0.717, 1.165) is 12.2 Å². The average Bonchev–Trinajstić information content (AvgIpc) is 3.71. The van der Waals surface area contributed by atoms with Crippen LogP contribution in [0.2, 0.25) is 5.82 Å². The summed E-state index contributed by atoms with van der Waals surface area (Å²) in [4.78, 5) is 4.37. The van der Waals surface area contributed by atoms with Crippen LogP contribution in [0.1, 0.15) is 50.7 Å². The van der Waals surface area contributed by atoms with Gasteiger partial charge in [-0.1, -0.05) is 176 Å². The van der Waals surface area contributed by atoms with Crippen molar-refractivity contribution in [3.63, 3.8) is 0 Å². The number of unbranched alkanes of at least 4 members (excludes halogenated alkanes) is 1. The van der Waals surface area contributed by atoms with Crippen LogP contribution in [-0.2, 0) is 5.16 Å². The fourth-order valence-corrected chi connectivity index (χ4v) is 8.43. The quantitative estimate of drug-likeness (QED) is 0.171. The molecule has 2 nitrogen and oxygen atoms in total. The molecule has 1 aliphatic rings. The molecule has 4 aromatic carbocycles. The molecule has 41 heavy (non-hydrogen) atoms. The smallest absolute Gasteiger partial charge is 0.212 e. The summed E-state index contributed by atoms with van der Waals surface area (Å²) in [6.07, 6.45) is 13.5. The van der Waals surface area contributed by atoms with Crippen LogP contribution < -0.4 is 10.9 Å². The first-order valence-electron chi connectivity index (χ1n) is 15.1. The molecule has 0 radical (unpaired) electrons. The predicted molar refractivity (Wildman–Crippen MR) is 179 cm³/mol. The molecule has 0 bridgehead atoms. The van der Waals surface area contributed by atoms with Gasteiger partial charge >= 0.3 is 0 Å². The van der Waals surface area contributed by atoms with E-state index in [2.05, 4.69) is 157 Å². The maximum absolute atomic E-state index is 4.37. The Hall–Kier alpha value is -3.89. The van der Waals surface area contributed by atoms with E-state index in [4.69, 9.17) is 0 Å². The van der Waals surface area contributed by atoms with Gasteiger partial charge in [0.1, 0.15) is 0 Å². The Morgan fingerprint density at radius 1 is 0.805 bits per heavy atom. The van der Waals surface area contributed by atoms with Gasteiger partial charge in [-0.2, -0.15) is 0 Å². The van der Waals surface area contributed by atoms with Crippen molar-refractivity contribution in [1.29, 1.82) is 0 Å². The number of rotatable bonds is 10. The van der Waals surface area contributed by atoms with E-state index < -0.39 is 9.52 Å². The first kappa shape index (κ1) is 28.6. The highest BCUT2D eigenvalue weighted by atomic mass is 28.2. The zero-order valence-electron chi connectivity index (χ0n) is 24.4. The summed E-state index contributed by atoms with van der Waals surface area (Å²) in [7, 11) is -0.659. The van der Waals surface area contributed by atoms with Gasteiger partial charge in [0.05, 0.1) is 21.0 Å². The summed E-state index contributed by atoms with van der Waals surface area (Å²) >= 11 is 0. The molecule has 1 saturated carbocycles. The first-order chi connectivity index (χ1) is 20.2. The van der Waals surface area contributed by atoms with Crippen molar-refractivity contribution in [3.8, 4) is 0 Å². The summed E-state index contributed by atoms with van der Waals surface area (Å²) in [6.45, 7) is 5.16. The van der Waals surface area contributed by atoms with E-state index in [1.165, 1.54) is 41.3 Å². The minimum absolute atomic E-state index is 0.145. The lowest BCUT2D eigenvalue weighted by Crippen LogP contribution is -2.42. The number of hydrogen-bond acceptors (Lipinski definition) is 1. The van der Waals surface area contributed by atoms with E-state index in [1.54, 1.807) is 5.20 Å². The molecule has 206 valence electrons. The molecule has 6 rings (SSSR count). The fourth-order valence-electron chi connectivity index (χ4n) is 6.03. The monoisotopic (exact) mass is 552 g/mol. The van der Waals surface area contributed by atoms with Gasteiger partial charge in [0.2, 0.25) is 6.71 Å². The van der Waals surface area contributed by atoms with E-state index in [-0.39, 0.29) is 5.16 Å². The third-order valence-electron chi connectivity index (χ3n) is 8.17. The third-order valence-corrected chi connectivity index (χ3v) is 10.7. The van der Waals surface area contributed by atoms with Crippen molar-refractivity contribution >= 4 is 27.2 Å². The summed E-state index contributed by atoms with van der Waals surface area (Å²) < 4.78 is 2.31. The fraction of sp³-hybridized carbons (Fsp3) is 0.216. The van der Waals surface area contributed by atoms with E-state index >= 15 is 0 Å². The number of hydrogen-bond donors (Lipinski definition) is 0. The SMILES string of the molecule is CCCC=C(C)[SiH2]C(c1ccccc1)(c1ccccc1)n1ccnc1.c1ccc(B(c2ccccc2)C2CC2)cc1. The Bertz CT molecular complexity index is 1390. The van der Waals surface area contributed by atoms with Crippen molar-refractivity contribution in [2.75, 3.05) is 0 Å². The van der Waals surface area contributed by atoms with E-state index in [0.29, 0.717) is 6.71 Å². The molecule has 1 aromatic heterocycles. The molecule has 0 saturated heterocycles. The second-order valence-corrected chi connectivity index (χ2v) is 13.7. The summed E-state index contributed by atoms with van der Waals surface area (Å²) in [6, 6.07) is 43.6. The van der Waals surface area contributed by atoms with Crippen LogP contribution in [-0.4, -0.2) is 25.8 Å². The number of imidazole rings is 1. The van der Waals surface area contributed by atoms with Crippen LogP contribution in [0.25, 0.3) is 0 Å². The maximum atomic E-state index is 4.37. The molecule has 0 aliphatic heterocycles. The van der Waals surface area contributed by atoms with Crippen molar-refractivity contribution in [2.24, 2.45) is 0 Å². The lowest BCUT2D eigenvalue weighted by Gasteiger charge is -2.37. The number of nitrogens with zero attached hydrogens (tertiary/aromatic N) is 2. The van der Waals surface area contributed by atoms with Crippen LogP contribution in [0.5, 0.6) is 0 Å². The highest BCUT2D eigenvalue weighted by molar-refractivity contribution is 6.86. The van der Waals surface area contributed by atoms with Crippen molar-refractivity contribution in [3.05, 3.63) is 162 Å². The van der Waals surface area contributed by atoms with Gasteiger partial charge in [0.25, 0.3) is 0 Å². The molecular weight excluding hydrogens is 511 g/mol. The molecule has 0 atom stereocenters. The molecule has 1 aliphatic carbocycles. The van der Waals surface area contributed by atoms with Gasteiger partial charge in [0.15, 0.2) is 0 Å². The van der Waals surface area contributed by atoms with Crippen molar-refractivity contribution in [1.82, 2.24) is 9.55 Å². The van der Waals surface area contributed by atoms with Gasteiger partial charge in [-0.05, 0) is 24.5 Å². The highest BCUT2D eigenvalue weighted by Crippen LogP contribution is 2.38. The Balaban J connectivity index is 0.000000181. The number of aromatic nitrogens is 2. The second kappa shape index (κ2) is 14.1. The zero-order valence-corrected chi connectivity index (χ0v) is 25.9. The molecule has 0 amide bonds. The molecular formula is C37H41BN2Si. The normalized spacial score (nSPS) is 13.6. The largest absolute Gasteiger partial charge is 0.326 e. The van der Waals surface area contributed by atoms with Gasteiger partial charge in [0, 0.05) is 12.4 Å². The standard InChI is InChI=1S/C22H26N2Si.C15H15B/c1-3-4-11-19(2)25-22(24-17-16-23-18-24,20-12-7-5-8-13-20)21-14-9-6-10-15-21;1-3-7-13(8-4-1)16(15-11-12-15)14-9-5-2-6-10-14/h5-18H,3-4,25H2,1-2H3;1-10,15H,11-12H2. The topological polar surface area (TPSA) is 17.8 Å². The number of benzene rings is 4. The lowest BCUT2D eigenvalue weighted by atomic mass is 9.37. The molecule has 0 spiro atoms. The molecule has 1 fully saturated rings. The highest BCUT2D eigenvalue weighted by Gasteiger charge is 2.37. The molecule has 5 aromatic rings. The Morgan fingerprint density at radius 3 is 1.71 bits per heavy atom. The first-order valence-corrected chi connectivity index (χ1v) is 16.5. The molecule has 4 heteroatoms. The van der Waals surface area contributed by atoms with Gasteiger partial charge in [-0.25, -0.2) is 4.98 Å². The number of allylic oxidation sites excluding steroid dienone is 2. The van der Waals surface area contributed by atoms with Crippen LogP contribution in [0, 0.1) is 0 Å². The summed E-state index contributed by atoms with van der Waals surface area (Å²) in [5.74, 6) is 0.866. The average molecular weight is 553 g/mol. The Kier molecular flexibility index (Phi) is 9.88. The van der Waals surface area contributed by atoms with Gasteiger partial charge in [-0.3, -0.25) is 0 Å². The minimum atomic E-state index is -0.659. The van der Waals surface area contributed by atoms with Crippen molar-refractivity contribution < 1.29 is 0 Å². The summed E-state index contributed by atoms with van der Waals surface area (Å²) in [5.41, 5.74) is 5.62.